The first-order chi connectivity index (χ1) is 11.4. The van der Waals surface area contributed by atoms with Crippen molar-refractivity contribution in [3.05, 3.63) is 64.4 Å². The van der Waals surface area contributed by atoms with Crippen LogP contribution in [-0.2, 0) is 22.4 Å². The molecule has 0 saturated carbocycles. The summed E-state index contributed by atoms with van der Waals surface area (Å²) in [5.74, 6) is -3.15. The van der Waals surface area contributed by atoms with E-state index in [1.165, 1.54) is 18.3 Å². The van der Waals surface area contributed by atoms with E-state index in [4.69, 9.17) is 17.3 Å². The largest absolute Gasteiger partial charge is 0.368 e. The first-order valence-electron chi connectivity index (χ1n) is 6.99. The summed E-state index contributed by atoms with van der Waals surface area (Å²) in [4.78, 5) is 27.4. The Hall–Kier alpha value is -2.54. The molecular formula is C16H14ClF2N3O2. The third kappa shape index (κ3) is 4.73. The fraction of sp³-hybridized carbons (Fsp3) is 0.188. The van der Waals surface area contributed by atoms with Gasteiger partial charge in [-0.2, -0.15) is 0 Å². The fourth-order valence-corrected chi connectivity index (χ4v) is 2.20. The number of aromatic nitrogens is 1. The monoisotopic (exact) mass is 353 g/mol. The van der Waals surface area contributed by atoms with Crippen molar-refractivity contribution in [1.29, 1.82) is 0 Å². The van der Waals surface area contributed by atoms with Gasteiger partial charge in [0.2, 0.25) is 11.8 Å². The van der Waals surface area contributed by atoms with E-state index in [1.807, 2.05) is 0 Å². The number of pyridine rings is 1. The minimum Gasteiger partial charge on any atom is -0.368 e. The van der Waals surface area contributed by atoms with Crippen molar-refractivity contribution in [3.63, 3.8) is 0 Å². The molecule has 8 heteroatoms. The molecule has 3 N–H and O–H groups in total. The van der Waals surface area contributed by atoms with E-state index in [-0.39, 0.29) is 17.1 Å². The number of carbonyl (C=O) groups is 2. The first kappa shape index (κ1) is 17.8. The molecule has 0 aliphatic heterocycles. The van der Waals surface area contributed by atoms with Crippen LogP contribution in [0.5, 0.6) is 0 Å². The summed E-state index contributed by atoms with van der Waals surface area (Å²) < 4.78 is 27.1. The second-order valence-corrected chi connectivity index (χ2v) is 5.48. The van der Waals surface area contributed by atoms with Crippen LogP contribution in [0.1, 0.15) is 11.1 Å². The normalized spacial score (nSPS) is 11.8. The van der Waals surface area contributed by atoms with Crippen LogP contribution in [0.15, 0.2) is 36.5 Å². The molecular weight excluding hydrogens is 340 g/mol. The molecule has 1 aromatic carbocycles. The smallest absolute Gasteiger partial charge is 0.240 e. The molecule has 2 amide bonds. The summed E-state index contributed by atoms with van der Waals surface area (Å²) in [6.07, 6.45) is 0.993. The van der Waals surface area contributed by atoms with Crippen molar-refractivity contribution in [2.24, 2.45) is 5.73 Å². The third-order valence-electron chi connectivity index (χ3n) is 3.31. The number of nitrogens with zero attached hydrogens (tertiary/aromatic N) is 1. The summed E-state index contributed by atoms with van der Waals surface area (Å²) in [5, 5.41) is 2.66. The van der Waals surface area contributed by atoms with Gasteiger partial charge in [-0.05, 0) is 23.8 Å². The standard InChI is InChI=1S/C16H14ClF2N3O2/c17-14-5-4-9(8-21-14)6-13(16(20)24)22-15(23)7-10-11(18)2-1-3-12(10)19/h1-5,8,13H,6-7H2,(H2,20,24)(H,22,23)/t13-/m0/s1. The zero-order valence-electron chi connectivity index (χ0n) is 12.4. The number of nitrogens with two attached hydrogens (primary N) is 1. The average molecular weight is 354 g/mol. The lowest BCUT2D eigenvalue weighted by atomic mass is 10.1. The molecule has 24 heavy (non-hydrogen) atoms. The highest BCUT2D eigenvalue weighted by molar-refractivity contribution is 6.29. The zero-order valence-corrected chi connectivity index (χ0v) is 13.2. The molecule has 0 spiro atoms. The van der Waals surface area contributed by atoms with Gasteiger partial charge in [-0.3, -0.25) is 9.59 Å². The number of hydrogen-bond acceptors (Lipinski definition) is 3. The number of hydrogen-bond donors (Lipinski definition) is 2. The average Bonchev–Trinajstić information content (AvgIpc) is 2.52. The molecule has 2 rings (SSSR count). The maximum absolute atomic E-state index is 13.6. The van der Waals surface area contributed by atoms with E-state index < -0.39 is 35.9 Å². The SMILES string of the molecule is NC(=O)[C@H](Cc1ccc(Cl)nc1)NC(=O)Cc1c(F)cccc1F. The van der Waals surface area contributed by atoms with Crippen molar-refractivity contribution in [2.45, 2.75) is 18.9 Å². The summed E-state index contributed by atoms with van der Waals surface area (Å²) in [7, 11) is 0. The highest BCUT2D eigenvalue weighted by Gasteiger charge is 2.21. The summed E-state index contributed by atoms with van der Waals surface area (Å²) in [5.41, 5.74) is 5.52. The molecule has 0 saturated heterocycles. The Morgan fingerprint density at radius 1 is 1.21 bits per heavy atom. The Bertz CT molecular complexity index is 733. The van der Waals surface area contributed by atoms with Crippen LogP contribution < -0.4 is 11.1 Å². The van der Waals surface area contributed by atoms with Crippen LogP contribution in [0.2, 0.25) is 5.15 Å². The highest BCUT2D eigenvalue weighted by atomic mass is 35.5. The van der Waals surface area contributed by atoms with Crippen LogP contribution in [0.4, 0.5) is 8.78 Å². The third-order valence-corrected chi connectivity index (χ3v) is 3.53. The lowest BCUT2D eigenvalue weighted by Gasteiger charge is -2.16. The molecule has 0 radical (unpaired) electrons. The van der Waals surface area contributed by atoms with Gasteiger partial charge >= 0.3 is 0 Å². The van der Waals surface area contributed by atoms with Crippen molar-refractivity contribution in [2.75, 3.05) is 0 Å². The van der Waals surface area contributed by atoms with Gasteiger partial charge in [-0.1, -0.05) is 23.7 Å². The molecule has 0 aliphatic rings. The number of halogens is 3. The maximum atomic E-state index is 13.6. The lowest BCUT2D eigenvalue weighted by molar-refractivity contribution is -0.127. The quantitative estimate of drug-likeness (QED) is 0.776. The lowest BCUT2D eigenvalue weighted by Crippen LogP contribution is -2.46. The molecule has 0 fully saturated rings. The topological polar surface area (TPSA) is 85.1 Å². The molecule has 5 nitrogen and oxygen atoms in total. The highest BCUT2D eigenvalue weighted by Crippen LogP contribution is 2.13. The van der Waals surface area contributed by atoms with Crippen molar-refractivity contribution in [3.8, 4) is 0 Å². The Morgan fingerprint density at radius 3 is 2.42 bits per heavy atom. The number of amides is 2. The van der Waals surface area contributed by atoms with E-state index in [0.29, 0.717) is 5.56 Å². The Balaban J connectivity index is 2.06. The Labute approximate surface area is 141 Å². The minimum absolute atomic E-state index is 0.0883. The van der Waals surface area contributed by atoms with Gasteiger partial charge < -0.3 is 11.1 Å². The molecule has 126 valence electrons. The first-order valence-corrected chi connectivity index (χ1v) is 7.36. The van der Waals surface area contributed by atoms with Gasteiger partial charge in [-0.25, -0.2) is 13.8 Å². The number of carbonyl (C=O) groups excluding carboxylic acids is 2. The molecule has 1 aromatic heterocycles. The predicted molar refractivity (Wildman–Crippen MR) is 84.1 cm³/mol. The van der Waals surface area contributed by atoms with E-state index in [9.17, 15) is 18.4 Å². The number of primary amides is 1. The number of rotatable bonds is 6. The van der Waals surface area contributed by atoms with Crippen LogP contribution in [-0.4, -0.2) is 22.8 Å². The van der Waals surface area contributed by atoms with Gasteiger partial charge in [0.15, 0.2) is 0 Å². The van der Waals surface area contributed by atoms with Crippen LogP contribution in [0, 0.1) is 11.6 Å². The minimum atomic E-state index is -1.03. The molecule has 0 unspecified atom stereocenters. The van der Waals surface area contributed by atoms with Crippen molar-refractivity contribution in [1.82, 2.24) is 10.3 Å². The van der Waals surface area contributed by atoms with E-state index >= 15 is 0 Å². The van der Waals surface area contributed by atoms with Crippen LogP contribution >= 0.6 is 11.6 Å². The number of nitrogens with one attached hydrogen (secondary N) is 1. The maximum Gasteiger partial charge on any atom is 0.240 e. The number of benzene rings is 1. The second-order valence-electron chi connectivity index (χ2n) is 5.09. The van der Waals surface area contributed by atoms with Gasteiger partial charge in [-0.15, -0.1) is 0 Å². The Morgan fingerprint density at radius 2 is 1.88 bits per heavy atom. The molecule has 1 heterocycles. The van der Waals surface area contributed by atoms with E-state index in [0.717, 1.165) is 12.1 Å². The Kier molecular flexibility index (Phi) is 5.81. The summed E-state index contributed by atoms with van der Waals surface area (Å²) in [6.45, 7) is 0. The fourth-order valence-electron chi connectivity index (χ4n) is 2.09. The van der Waals surface area contributed by atoms with E-state index in [2.05, 4.69) is 10.3 Å². The summed E-state index contributed by atoms with van der Waals surface area (Å²) >= 11 is 5.67. The predicted octanol–water partition coefficient (Wildman–Crippen LogP) is 1.77. The van der Waals surface area contributed by atoms with Gasteiger partial charge in [0, 0.05) is 18.2 Å². The van der Waals surface area contributed by atoms with Crippen LogP contribution in [0.3, 0.4) is 0 Å². The van der Waals surface area contributed by atoms with Gasteiger partial charge in [0.25, 0.3) is 0 Å². The zero-order chi connectivity index (χ0) is 17.7. The van der Waals surface area contributed by atoms with Gasteiger partial charge in [0.1, 0.15) is 22.8 Å². The molecule has 0 bridgehead atoms. The molecule has 1 atom stereocenters. The van der Waals surface area contributed by atoms with E-state index in [1.54, 1.807) is 6.07 Å². The summed E-state index contributed by atoms with van der Waals surface area (Å²) in [6, 6.07) is 5.44. The van der Waals surface area contributed by atoms with Crippen LogP contribution in [0.25, 0.3) is 0 Å². The second kappa shape index (κ2) is 7.83. The molecule has 2 aromatic rings. The van der Waals surface area contributed by atoms with Crippen molar-refractivity contribution < 1.29 is 18.4 Å². The van der Waals surface area contributed by atoms with Crippen molar-refractivity contribution >= 4 is 23.4 Å². The molecule has 0 aliphatic carbocycles. The van der Waals surface area contributed by atoms with Gasteiger partial charge in [0.05, 0.1) is 6.42 Å².